The van der Waals surface area contributed by atoms with Crippen LogP contribution < -0.4 is 5.32 Å². The largest absolute Gasteiger partial charge is 0.384 e. The highest BCUT2D eigenvalue weighted by Crippen LogP contribution is 2.20. The highest BCUT2D eigenvalue weighted by Gasteiger charge is 2.37. The molecule has 58 valence electrons. The zero-order valence-corrected chi connectivity index (χ0v) is 6.03. The molecule has 1 aliphatic rings. The Hall–Kier alpha value is -1.34. The summed E-state index contributed by atoms with van der Waals surface area (Å²) in [6, 6.07) is 1.73. The molecule has 4 heteroatoms. The molecule has 0 aromatic heterocycles. The molecule has 0 bridgehead atoms. The lowest BCUT2D eigenvalue weighted by Crippen LogP contribution is -2.45. The van der Waals surface area contributed by atoms with E-state index in [0.717, 1.165) is 0 Å². The van der Waals surface area contributed by atoms with Gasteiger partial charge in [0.2, 0.25) is 5.91 Å². The SMILES string of the molecule is CC1(O)C=CNC(=O)C1C#N. The monoisotopic (exact) mass is 152 g/mol. The summed E-state index contributed by atoms with van der Waals surface area (Å²) in [5.74, 6) is -1.47. The van der Waals surface area contributed by atoms with Gasteiger partial charge in [-0.3, -0.25) is 4.79 Å². The summed E-state index contributed by atoms with van der Waals surface area (Å²) in [5, 5.41) is 20.3. The van der Waals surface area contributed by atoms with Crippen LogP contribution in [-0.4, -0.2) is 16.6 Å². The van der Waals surface area contributed by atoms with Gasteiger partial charge >= 0.3 is 0 Å². The normalized spacial score (nSPS) is 36.1. The second-order valence-electron chi connectivity index (χ2n) is 2.63. The molecule has 1 amide bonds. The van der Waals surface area contributed by atoms with E-state index in [4.69, 9.17) is 5.26 Å². The molecule has 4 nitrogen and oxygen atoms in total. The summed E-state index contributed by atoms with van der Waals surface area (Å²) < 4.78 is 0. The number of hydrogen-bond acceptors (Lipinski definition) is 3. The van der Waals surface area contributed by atoms with Crippen LogP contribution in [0.3, 0.4) is 0 Å². The average molecular weight is 152 g/mol. The van der Waals surface area contributed by atoms with Gasteiger partial charge in [-0.25, -0.2) is 0 Å². The minimum Gasteiger partial charge on any atom is -0.384 e. The molecule has 0 fully saturated rings. The Bertz CT molecular complexity index is 250. The van der Waals surface area contributed by atoms with E-state index >= 15 is 0 Å². The van der Waals surface area contributed by atoms with E-state index in [2.05, 4.69) is 5.32 Å². The summed E-state index contributed by atoms with van der Waals surface area (Å²) in [6.45, 7) is 1.43. The van der Waals surface area contributed by atoms with Crippen LogP contribution in [0.1, 0.15) is 6.92 Å². The van der Waals surface area contributed by atoms with Crippen LogP contribution in [0.15, 0.2) is 12.3 Å². The van der Waals surface area contributed by atoms with Crippen LogP contribution in [0.25, 0.3) is 0 Å². The zero-order valence-electron chi connectivity index (χ0n) is 6.03. The van der Waals surface area contributed by atoms with Crippen LogP contribution in [0.4, 0.5) is 0 Å². The predicted molar refractivity (Wildman–Crippen MR) is 37.0 cm³/mol. The number of nitrogens with zero attached hydrogens (tertiary/aromatic N) is 1. The van der Waals surface area contributed by atoms with E-state index in [-0.39, 0.29) is 0 Å². The molecule has 0 aliphatic carbocycles. The highest BCUT2D eigenvalue weighted by molar-refractivity contribution is 5.84. The van der Waals surface area contributed by atoms with E-state index in [1.807, 2.05) is 0 Å². The topological polar surface area (TPSA) is 73.1 Å². The van der Waals surface area contributed by atoms with Crippen LogP contribution in [-0.2, 0) is 4.79 Å². The number of hydrogen-bond donors (Lipinski definition) is 2. The molecule has 2 unspecified atom stereocenters. The predicted octanol–water partition coefficient (Wildman–Crippen LogP) is -0.479. The molecular weight excluding hydrogens is 144 g/mol. The smallest absolute Gasteiger partial charge is 0.244 e. The third-order valence-electron chi connectivity index (χ3n) is 1.62. The average Bonchev–Trinajstić information content (AvgIpc) is 1.86. The van der Waals surface area contributed by atoms with Gasteiger partial charge in [-0.05, 0) is 13.0 Å². The first-order valence-corrected chi connectivity index (χ1v) is 3.18. The Balaban J connectivity index is 2.98. The summed E-state index contributed by atoms with van der Waals surface area (Å²) in [6.07, 6.45) is 2.73. The van der Waals surface area contributed by atoms with Crippen LogP contribution in [0.5, 0.6) is 0 Å². The third-order valence-corrected chi connectivity index (χ3v) is 1.62. The number of nitrogens with one attached hydrogen (secondary N) is 1. The third kappa shape index (κ3) is 1.23. The van der Waals surface area contributed by atoms with Crippen molar-refractivity contribution in [1.82, 2.24) is 5.32 Å². The van der Waals surface area contributed by atoms with Gasteiger partial charge in [-0.1, -0.05) is 0 Å². The van der Waals surface area contributed by atoms with Crippen molar-refractivity contribution in [3.05, 3.63) is 12.3 Å². The van der Waals surface area contributed by atoms with Crippen molar-refractivity contribution in [2.24, 2.45) is 5.92 Å². The fraction of sp³-hybridized carbons (Fsp3) is 0.429. The molecule has 2 N–H and O–H groups in total. The summed E-state index contributed by atoms with van der Waals surface area (Å²) >= 11 is 0. The second-order valence-corrected chi connectivity index (χ2v) is 2.63. The maximum absolute atomic E-state index is 10.9. The number of carbonyl (C=O) groups excluding carboxylic acids is 1. The molecule has 0 aromatic rings. The Kier molecular flexibility index (Phi) is 1.67. The van der Waals surface area contributed by atoms with Gasteiger partial charge < -0.3 is 10.4 Å². The Morgan fingerprint density at radius 2 is 2.55 bits per heavy atom. The van der Waals surface area contributed by atoms with Gasteiger partial charge in [0, 0.05) is 6.20 Å². The first kappa shape index (κ1) is 7.76. The quantitative estimate of drug-likeness (QED) is 0.492. The number of aliphatic hydroxyl groups is 1. The van der Waals surface area contributed by atoms with Crippen molar-refractivity contribution in [3.8, 4) is 6.07 Å². The summed E-state index contributed by atoms with van der Waals surface area (Å²) in [5.41, 5.74) is -1.34. The van der Waals surface area contributed by atoms with Crippen molar-refractivity contribution in [2.45, 2.75) is 12.5 Å². The number of rotatable bonds is 0. The number of carbonyl (C=O) groups is 1. The van der Waals surface area contributed by atoms with Crippen LogP contribution in [0, 0.1) is 17.2 Å². The standard InChI is InChI=1S/C7H8N2O2/c1-7(11)2-3-9-6(10)5(7)4-8/h2-3,5,11H,1H3,(H,9,10). The van der Waals surface area contributed by atoms with E-state index in [9.17, 15) is 9.90 Å². The molecule has 0 aromatic carbocycles. The maximum atomic E-state index is 10.9. The number of amides is 1. The summed E-state index contributed by atoms with van der Waals surface area (Å²) in [4.78, 5) is 10.9. The second kappa shape index (κ2) is 2.36. The Labute approximate surface area is 64.1 Å². The zero-order chi connectivity index (χ0) is 8.48. The minimum atomic E-state index is -1.34. The van der Waals surface area contributed by atoms with E-state index in [1.54, 1.807) is 6.07 Å². The number of nitriles is 1. The van der Waals surface area contributed by atoms with Gasteiger partial charge in [0.05, 0.1) is 6.07 Å². The van der Waals surface area contributed by atoms with Gasteiger partial charge in [-0.15, -0.1) is 0 Å². The molecule has 1 aliphatic heterocycles. The Morgan fingerprint density at radius 1 is 1.91 bits per heavy atom. The van der Waals surface area contributed by atoms with Crippen molar-refractivity contribution in [2.75, 3.05) is 0 Å². The molecule has 1 rings (SSSR count). The Morgan fingerprint density at radius 3 is 2.91 bits per heavy atom. The molecule has 0 saturated carbocycles. The van der Waals surface area contributed by atoms with Crippen molar-refractivity contribution in [3.63, 3.8) is 0 Å². The molecular formula is C7H8N2O2. The molecule has 0 spiro atoms. The molecule has 2 atom stereocenters. The first-order chi connectivity index (χ1) is 5.08. The van der Waals surface area contributed by atoms with Gasteiger partial charge in [-0.2, -0.15) is 5.26 Å². The molecule has 0 saturated heterocycles. The lowest BCUT2D eigenvalue weighted by Gasteiger charge is -2.26. The minimum absolute atomic E-state index is 0.458. The highest BCUT2D eigenvalue weighted by atomic mass is 16.3. The summed E-state index contributed by atoms with van der Waals surface area (Å²) in [7, 11) is 0. The van der Waals surface area contributed by atoms with Crippen molar-refractivity contribution in [1.29, 1.82) is 5.26 Å². The van der Waals surface area contributed by atoms with Crippen molar-refractivity contribution < 1.29 is 9.90 Å². The van der Waals surface area contributed by atoms with E-state index in [1.165, 1.54) is 19.2 Å². The molecule has 11 heavy (non-hydrogen) atoms. The van der Waals surface area contributed by atoms with Crippen molar-refractivity contribution >= 4 is 5.91 Å². The maximum Gasteiger partial charge on any atom is 0.244 e. The lowest BCUT2D eigenvalue weighted by atomic mass is 9.88. The van der Waals surface area contributed by atoms with E-state index < -0.39 is 17.4 Å². The van der Waals surface area contributed by atoms with Gasteiger partial charge in [0.15, 0.2) is 5.92 Å². The van der Waals surface area contributed by atoms with Gasteiger partial charge in [0.1, 0.15) is 5.60 Å². The van der Waals surface area contributed by atoms with E-state index in [0.29, 0.717) is 0 Å². The lowest BCUT2D eigenvalue weighted by molar-refractivity contribution is -0.128. The van der Waals surface area contributed by atoms with Gasteiger partial charge in [0.25, 0.3) is 0 Å². The fourth-order valence-corrected chi connectivity index (χ4v) is 0.927. The molecule has 1 heterocycles. The first-order valence-electron chi connectivity index (χ1n) is 3.18. The molecule has 0 radical (unpaired) electrons. The fourth-order valence-electron chi connectivity index (χ4n) is 0.927. The van der Waals surface area contributed by atoms with Crippen LogP contribution >= 0.6 is 0 Å². The van der Waals surface area contributed by atoms with Crippen LogP contribution in [0.2, 0.25) is 0 Å².